The molecule has 3 aromatic rings. The van der Waals surface area contributed by atoms with Crippen LogP contribution in [0.15, 0.2) is 48.9 Å². The predicted octanol–water partition coefficient (Wildman–Crippen LogP) is 7.03. The summed E-state index contributed by atoms with van der Waals surface area (Å²) in [5.74, 6) is -5.99. The smallest absolute Gasteiger partial charge is 0.258 e. The molecule has 2 heterocycles. The summed E-state index contributed by atoms with van der Waals surface area (Å²) in [4.78, 5) is 25.7. The number of halogens is 4. The molecule has 0 spiro atoms. The van der Waals surface area contributed by atoms with Gasteiger partial charge in [0.25, 0.3) is 11.8 Å². The van der Waals surface area contributed by atoms with Gasteiger partial charge in [0.15, 0.2) is 0 Å². The summed E-state index contributed by atoms with van der Waals surface area (Å²) in [7, 11) is 0. The second-order valence-corrected chi connectivity index (χ2v) is 8.91. The maximum Gasteiger partial charge on any atom is 0.258 e. The van der Waals surface area contributed by atoms with Crippen molar-refractivity contribution in [3.8, 4) is 11.1 Å². The maximum absolute atomic E-state index is 15.0. The van der Waals surface area contributed by atoms with Crippen LogP contribution < -0.4 is 5.32 Å². The zero-order chi connectivity index (χ0) is 31.3. The number of carbonyl (C=O) groups excluding carboxylic acids is 1. The van der Waals surface area contributed by atoms with E-state index >= 15 is 4.39 Å². The van der Waals surface area contributed by atoms with E-state index in [1.54, 1.807) is 0 Å². The number of pyridine rings is 1. The largest absolute Gasteiger partial charge is 0.319 e. The molecule has 0 unspecified atom stereocenters. The molecule has 9 heteroatoms. The van der Waals surface area contributed by atoms with Gasteiger partial charge < -0.3 is 5.32 Å². The van der Waals surface area contributed by atoms with Crippen molar-refractivity contribution >= 4 is 17.2 Å². The molecular formula is C27H26F4N4O. The van der Waals surface area contributed by atoms with Crippen molar-refractivity contribution in [3.05, 3.63) is 77.6 Å². The van der Waals surface area contributed by atoms with E-state index in [1.807, 2.05) is 13.8 Å². The number of nitrogens with one attached hydrogen (secondary N) is 1. The Kier molecular flexibility index (Phi) is 4.88. The normalized spacial score (nSPS) is 19.7. The highest BCUT2D eigenvalue weighted by molar-refractivity contribution is 6.07. The Morgan fingerprint density at radius 3 is 2.47 bits per heavy atom. The van der Waals surface area contributed by atoms with Gasteiger partial charge in [-0.1, -0.05) is 33.6 Å². The molecule has 0 saturated carbocycles. The lowest BCUT2D eigenvalue weighted by atomic mass is 9.72. The van der Waals surface area contributed by atoms with E-state index in [1.165, 1.54) is 18.5 Å². The molecule has 0 radical (unpaired) electrons. The van der Waals surface area contributed by atoms with Gasteiger partial charge in [0.2, 0.25) is 0 Å². The van der Waals surface area contributed by atoms with Gasteiger partial charge in [0, 0.05) is 56.7 Å². The first kappa shape index (κ1) is 18.6. The van der Waals surface area contributed by atoms with Crippen molar-refractivity contribution in [1.82, 2.24) is 15.0 Å². The van der Waals surface area contributed by atoms with Crippen molar-refractivity contribution in [1.29, 1.82) is 0 Å². The predicted molar refractivity (Wildman–Crippen MR) is 130 cm³/mol. The molecule has 188 valence electrons. The van der Waals surface area contributed by atoms with Crippen molar-refractivity contribution < 1.29 is 30.6 Å². The van der Waals surface area contributed by atoms with E-state index < -0.39 is 72.4 Å². The van der Waals surface area contributed by atoms with Crippen LogP contribution >= 0.6 is 0 Å². The van der Waals surface area contributed by atoms with Gasteiger partial charge >= 0.3 is 0 Å². The molecule has 0 bridgehead atoms. The van der Waals surface area contributed by atoms with Crippen molar-refractivity contribution in [2.75, 3.05) is 5.32 Å². The molecule has 2 aromatic heterocycles. The average Bonchev–Trinajstić information content (AvgIpc) is 2.88. The van der Waals surface area contributed by atoms with Crippen LogP contribution in [0.25, 0.3) is 16.7 Å². The van der Waals surface area contributed by atoms with Crippen LogP contribution in [0.1, 0.15) is 76.4 Å². The Morgan fingerprint density at radius 1 is 1.08 bits per heavy atom. The first-order valence-electron chi connectivity index (χ1n) is 14.0. The number of benzene rings is 1. The number of alkyl halides is 2. The first-order chi connectivity index (χ1) is 19.4. The molecule has 5 nitrogen and oxygen atoms in total. The third-order valence-corrected chi connectivity index (χ3v) is 5.70. The van der Waals surface area contributed by atoms with Crippen LogP contribution in [0.2, 0.25) is 0 Å². The van der Waals surface area contributed by atoms with E-state index in [-0.39, 0.29) is 22.6 Å². The molecule has 0 fully saturated rings. The topological polar surface area (TPSA) is 67.8 Å². The highest BCUT2D eigenvalue weighted by atomic mass is 19.3. The third kappa shape index (κ3) is 5.15. The molecule has 36 heavy (non-hydrogen) atoms. The molecule has 1 amide bonds. The minimum absolute atomic E-state index is 0.0566. The number of allylic oxidation sites excluding steroid dienone is 2. The number of carbonyl (C=O) groups is 1. The van der Waals surface area contributed by atoms with E-state index in [9.17, 15) is 18.0 Å². The number of rotatable bonds is 5. The third-order valence-electron chi connectivity index (χ3n) is 5.70. The zero-order valence-corrected chi connectivity index (χ0v) is 19.4. The van der Waals surface area contributed by atoms with Crippen LogP contribution in [0, 0.1) is 17.0 Å². The molecule has 1 aromatic carbocycles. The Hall–Kier alpha value is -3.62. The Balaban J connectivity index is 2.01. The molecule has 4 rings (SSSR count). The van der Waals surface area contributed by atoms with Gasteiger partial charge in [0.1, 0.15) is 17.5 Å². The van der Waals surface area contributed by atoms with Crippen LogP contribution in [-0.2, 0) is 0 Å². The van der Waals surface area contributed by atoms with Crippen molar-refractivity contribution in [2.24, 2.45) is 5.41 Å². The summed E-state index contributed by atoms with van der Waals surface area (Å²) in [6.45, 7) is -3.34. The number of anilines is 1. The van der Waals surface area contributed by atoms with Gasteiger partial charge in [-0.2, -0.15) is 0 Å². The van der Waals surface area contributed by atoms with Crippen LogP contribution in [0.3, 0.4) is 0 Å². The van der Waals surface area contributed by atoms with E-state index in [2.05, 4.69) is 20.3 Å². The highest BCUT2D eigenvalue weighted by Crippen LogP contribution is 2.50. The number of hydrogen-bond acceptors (Lipinski definition) is 4. The molecule has 0 saturated heterocycles. The Labute approximate surface area is 215 Å². The summed E-state index contributed by atoms with van der Waals surface area (Å²) in [6.07, 6.45) is 1.66. The van der Waals surface area contributed by atoms with Gasteiger partial charge in [-0.15, -0.1) is 0 Å². The number of nitrogens with zero attached hydrogens (tertiary/aromatic N) is 3. The Bertz CT molecular complexity index is 1530. The van der Waals surface area contributed by atoms with Gasteiger partial charge in [0.05, 0.1) is 16.9 Å². The van der Waals surface area contributed by atoms with Gasteiger partial charge in [-0.3, -0.25) is 9.78 Å². The van der Waals surface area contributed by atoms with E-state index in [0.717, 1.165) is 30.5 Å². The quantitative estimate of drug-likeness (QED) is 0.379. The minimum Gasteiger partial charge on any atom is -0.319 e. The monoisotopic (exact) mass is 504 g/mol. The number of aromatic nitrogens is 3. The summed E-state index contributed by atoms with van der Waals surface area (Å²) < 4.78 is 108. The van der Waals surface area contributed by atoms with Crippen LogP contribution in [0.5, 0.6) is 0 Å². The number of amides is 1. The molecule has 1 N–H and O–H groups in total. The lowest BCUT2D eigenvalue weighted by Gasteiger charge is -2.36. The molecule has 0 aliphatic heterocycles. The average molecular weight is 505 g/mol. The lowest BCUT2D eigenvalue weighted by molar-refractivity contribution is -0.0310. The lowest BCUT2D eigenvalue weighted by Crippen LogP contribution is -2.31. The van der Waals surface area contributed by atoms with Crippen molar-refractivity contribution in [2.45, 2.75) is 52.2 Å². The number of hydrogen-bond donors (Lipinski definition) is 1. The van der Waals surface area contributed by atoms with E-state index in [0.29, 0.717) is 5.82 Å². The minimum atomic E-state index is -3.70. The fourth-order valence-corrected chi connectivity index (χ4v) is 3.94. The van der Waals surface area contributed by atoms with Crippen LogP contribution in [0.4, 0.5) is 23.2 Å². The molecule has 1 aliphatic carbocycles. The summed E-state index contributed by atoms with van der Waals surface area (Å²) >= 11 is 0. The molecular weight excluding hydrogens is 472 g/mol. The SMILES string of the molecule is [2H]C([2H])([2H])C1(C([2H])([2H])[2H])CC(F)(F)CC=C1c1nccc(-c2cc(F)ccc2F)c1NC(=O)c1cnc(C(C)C)nc1. The molecule has 0 atom stereocenters. The standard InChI is InChI=1S/C27H26F4N4O/c1-15(2)24-33-12-16(13-34-24)25(36)35-22-18(19-11-17(28)5-6-21(19)29)8-10-32-23(22)20-7-9-27(30,31)14-26(20,3)4/h5-8,10-13,15H,9,14H2,1-4H3,(H,35,36)/i3D3,4D3. The van der Waals surface area contributed by atoms with E-state index in [4.69, 9.17) is 8.22 Å². The maximum atomic E-state index is 15.0. The summed E-state index contributed by atoms with van der Waals surface area (Å²) in [5, 5.41) is 2.48. The molecule has 1 aliphatic rings. The van der Waals surface area contributed by atoms with Crippen LogP contribution in [-0.4, -0.2) is 26.8 Å². The zero-order valence-electron chi connectivity index (χ0n) is 25.4. The second kappa shape index (κ2) is 9.44. The fraction of sp³-hybridized carbons (Fsp3) is 0.333. The second-order valence-electron chi connectivity index (χ2n) is 8.91. The fourth-order valence-electron chi connectivity index (χ4n) is 3.94. The van der Waals surface area contributed by atoms with Gasteiger partial charge in [-0.25, -0.2) is 27.5 Å². The van der Waals surface area contributed by atoms with Gasteiger partial charge in [-0.05, 0) is 35.3 Å². The summed E-state index contributed by atoms with van der Waals surface area (Å²) in [5.41, 5.74) is -5.30. The Morgan fingerprint density at radius 2 is 1.81 bits per heavy atom. The summed E-state index contributed by atoms with van der Waals surface area (Å²) in [6, 6.07) is 3.69. The first-order valence-corrected chi connectivity index (χ1v) is 11.0. The van der Waals surface area contributed by atoms with Crippen molar-refractivity contribution in [3.63, 3.8) is 0 Å². The highest BCUT2D eigenvalue weighted by Gasteiger charge is 2.43.